The molecule has 1 aliphatic rings. The minimum Gasteiger partial charge on any atom is -0.384 e. The van der Waals surface area contributed by atoms with Gasteiger partial charge in [-0.15, -0.1) is 0 Å². The molecule has 0 bridgehead atoms. The van der Waals surface area contributed by atoms with E-state index in [1.807, 2.05) is 26.0 Å². The molecule has 0 atom stereocenters. The molecule has 0 aliphatic heterocycles. The Kier molecular flexibility index (Phi) is 4.15. The molecule has 5 heteroatoms. The van der Waals surface area contributed by atoms with Gasteiger partial charge in [0.05, 0.1) is 18.6 Å². The molecule has 1 fully saturated rings. The summed E-state index contributed by atoms with van der Waals surface area (Å²) in [6, 6.07) is 5.30. The number of amides is 1. The number of aromatic nitrogens is 1. The van der Waals surface area contributed by atoms with Crippen LogP contribution in [0.3, 0.4) is 0 Å². The van der Waals surface area contributed by atoms with Gasteiger partial charge in [0.15, 0.2) is 0 Å². The van der Waals surface area contributed by atoms with Gasteiger partial charge < -0.3 is 15.0 Å². The number of rotatable bonds is 6. The Morgan fingerprint density at radius 2 is 2.13 bits per heavy atom. The normalized spacial score (nSPS) is 16.0. The van der Waals surface area contributed by atoms with Gasteiger partial charge in [-0.1, -0.05) is 13.8 Å². The van der Waals surface area contributed by atoms with Crippen LogP contribution in [-0.4, -0.2) is 24.6 Å². The number of halogens is 1. The van der Waals surface area contributed by atoms with Gasteiger partial charge in [0, 0.05) is 23.7 Å². The maximum Gasteiger partial charge on any atom is 0.228 e. The summed E-state index contributed by atoms with van der Waals surface area (Å²) in [7, 11) is 1.62. The van der Waals surface area contributed by atoms with Gasteiger partial charge in [-0.3, -0.25) is 4.79 Å². The molecular formula is C18H23FN2O2. The van der Waals surface area contributed by atoms with Crippen LogP contribution in [0.2, 0.25) is 0 Å². The molecule has 2 aromatic rings. The second-order valence-electron chi connectivity index (χ2n) is 6.81. The van der Waals surface area contributed by atoms with E-state index in [1.165, 1.54) is 0 Å². The summed E-state index contributed by atoms with van der Waals surface area (Å²) in [5.74, 6) is -0.0132. The molecule has 0 saturated heterocycles. The number of benzene rings is 1. The van der Waals surface area contributed by atoms with Crippen molar-refractivity contribution in [1.29, 1.82) is 0 Å². The van der Waals surface area contributed by atoms with E-state index in [0.717, 1.165) is 29.4 Å². The molecular weight excluding hydrogens is 295 g/mol. The second-order valence-corrected chi connectivity index (χ2v) is 6.81. The third kappa shape index (κ3) is 3.11. The zero-order valence-corrected chi connectivity index (χ0v) is 13.8. The van der Waals surface area contributed by atoms with Crippen LogP contribution in [0.5, 0.6) is 0 Å². The van der Waals surface area contributed by atoms with E-state index < -0.39 is 0 Å². The largest absolute Gasteiger partial charge is 0.384 e. The zero-order valence-electron chi connectivity index (χ0n) is 13.8. The standard InChI is InChI=1S/C18H23FN2O2/c1-11(2)14-8-16-12(7-15(14)19)6-13(21-16)9-20-17(22)18(4-5-18)10-23-3/h6-8,11,21H,4-5,9-10H2,1-3H3,(H,20,22). The first-order chi connectivity index (χ1) is 10.9. The van der Waals surface area contributed by atoms with Crippen molar-refractivity contribution in [2.75, 3.05) is 13.7 Å². The molecule has 124 valence electrons. The van der Waals surface area contributed by atoms with Gasteiger partial charge in [0.1, 0.15) is 5.82 Å². The fraction of sp³-hybridized carbons (Fsp3) is 0.500. The Morgan fingerprint density at radius 1 is 1.39 bits per heavy atom. The molecule has 2 N–H and O–H groups in total. The second kappa shape index (κ2) is 5.96. The third-order valence-electron chi connectivity index (χ3n) is 4.61. The number of hydrogen-bond acceptors (Lipinski definition) is 2. The van der Waals surface area contributed by atoms with Gasteiger partial charge in [-0.2, -0.15) is 0 Å². The van der Waals surface area contributed by atoms with Crippen LogP contribution in [0.4, 0.5) is 4.39 Å². The lowest BCUT2D eigenvalue weighted by molar-refractivity contribution is -0.128. The Balaban J connectivity index is 1.73. The van der Waals surface area contributed by atoms with Crippen molar-refractivity contribution in [2.24, 2.45) is 5.41 Å². The fourth-order valence-electron chi connectivity index (χ4n) is 2.99. The summed E-state index contributed by atoms with van der Waals surface area (Å²) < 4.78 is 19.2. The Morgan fingerprint density at radius 3 is 2.74 bits per heavy atom. The van der Waals surface area contributed by atoms with Crippen LogP contribution in [0.1, 0.15) is 43.9 Å². The number of methoxy groups -OCH3 is 1. The minimum absolute atomic E-state index is 0.0343. The van der Waals surface area contributed by atoms with Crippen molar-refractivity contribution in [1.82, 2.24) is 10.3 Å². The van der Waals surface area contributed by atoms with Gasteiger partial charge in [-0.25, -0.2) is 4.39 Å². The van der Waals surface area contributed by atoms with E-state index in [-0.39, 0.29) is 23.1 Å². The lowest BCUT2D eigenvalue weighted by atomic mass is 10.0. The zero-order chi connectivity index (χ0) is 16.6. The summed E-state index contributed by atoms with van der Waals surface area (Å²) >= 11 is 0. The number of aromatic amines is 1. The van der Waals surface area contributed by atoms with Gasteiger partial charge in [-0.05, 0) is 42.5 Å². The highest BCUT2D eigenvalue weighted by atomic mass is 19.1. The van der Waals surface area contributed by atoms with E-state index in [4.69, 9.17) is 4.74 Å². The summed E-state index contributed by atoms with van der Waals surface area (Å²) in [6.07, 6.45) is 1.75. The van der Waals surface area contributed by atoms with E-state index in [1.54, 1.807) is 13.2 Å². The summed E-state index contributed by atoms with van der Waals surface area (Å²) in [6.45, 7) is 4.82. The van der Waals surface area contributed by atoms with Crippen LogP contribution in [-0.2, 0) is 16.1 Å². The van der Waals surface area contributed by atoms with E-state index in [9.17, 15) is 9.18 Å². The molecule has 3 rings (SSSR count). The number of nitrogens with one attached hydrogen (secondary N) is 2. The number of carbonyl (C=O) groups excluding carboxylic acids is 1. The summed E-state index contributed by atoms with van der Waals surface area (Å²) in [5.41, 5.74) is 2.14. The number of carbonyl (C=O) groups is 1. The molecule has 0 unspecified atom stereocenters. The molecule has 1 aromatic carbocycles. The first-order valence-electron chi connectivity index (χ1n) is 8.03. The molecule has 0 spiro atoms. The summed E-state index contributed by atoms with van der Waals surface area (Å²) in [5, 5.41) is 3.78. The van der Waals surface area contributed by atoms with Crippen molar-refractivity contribution in [3.8, 4) is 0 Å². The highest BCUT2D eigenvalue weighted by Gasteiger charge is 2.49. The molecule has 1 aromatic heterocycles. The van der Waals surface area contributed by atoms with Crippen molar-refractivity contribution in [3.05, 3.63) is 35.3 Å². The predicted octanol–water partition coefficient (Wildman–Crippen LogP) is 3.47. The predicted molar refractivity (Wildman–Crippen MR) is 87.7 cm³/mol. The smallest absolute Gasteiger partial charge is 0.228 e. The maximum atomic E-state index is 14.0. The van der Waals surface area contributed by atoms with Gasteiger partial charge >= 0.3 is 0 Å². The van der Waals surface area contributed by atoms with Crippen LogP contribution in [0, 0.1) is 11.2 Å². The average Bonchev–Trinajstić information content (AvgIpc) is 3.17. The van der Waals surface area contributed by atoms with Crippen molar-refractivity contribution < 1.29 is 13.9 Å². The number of ether oxygens (including phenoxy) is 1. The minimum atomic E-state index is -0.336. The fourth-order valence-corrected chi connectivity index (χ4v) is 2.99. The first-order valence-corrected chi connectivity index (χ1v) is 8.03. The molecule has 1 heterocycles. The monoisotopic (exact) mass is 318 g/mol. The Hall–Kier alpha value is -1.88. The molecule has 4 nitrogen and oxygen atoms in total. The van der Waals surface area contributed by atoms with Crippen molar-refractivity contribution in [2.45, 2.75) is 39.2 Å². The third-order valence-corrected chi connectivity index (χ3v) is 4.61. The van der Waals surface area contributed by atoms with Crippen molar-refractivity contribution in [3.63, 3.8) is 0 Å². The van der Waals surface area contributed by atoms with Crippen LogP contribution in [0.15, 0.2) is 18.2 Å². The van der Waals surface area contributed by atoms with E-state index in [2.05, 4.69) is 10.3 Å². The highest BCUT2D eigenvalue weighted by molar-refractivity contribution is 5.86. The SMILES string of the molecule is COCC1(C(=O)NCc2cc3cc(F)c(C(C)C)cc3[nH]2)CC1. The van der Waals surface area contributed by atoms with E-state index >= 15 is 0 Å². The quantitative estimate of drug-likeness (QED) is 0.857. The number of hydrogen-bond donors (Lipinski definition) is 2. The molecule has 1 saturated carbocycles. The molecule has 23 heavy (non-hydrogen) atoms. The number of H-pyrrole nitrogens is 1. The lowest BCUT2D eigenvalue weighted by Gasteiger charge is -2.13. The van der Waals surface area contributed by atoms with Crippen LogP contribution >= 0.6 is 0 Å². The molecule has 0 radical (unpaired) electrons. The lowest BCUT2D eigenvalue weighted by Crippen LogP contribution is -2.34. The average molecular weight is 318 g/mol. The number of fused-ring (bicyclic) bond motifs is 1. The van der Waals surface area contributed by atoms with Crippen LogP contribution in [0.25, 0.3) is 10.9 Å². The Bertz CT molecular complexity index is 732. The Labute approximate surface area is 135 Å². The maximum absolute atomic E-state index is 14.0. The van der Waals surface area contributed by atoms with E-state index in [0.29, 0.717) is 18.7 Å². The van der Waals surface area contributed by atoms with Gasteiger partial charge in [0.2, 0.25) is 5.91 Å². The molecule has 1 amide bonds. The van der Waals surface area contributed by atoms with Crippen LogP contribution < -0.4 is 5.32 Å². The molecule has 1 aliphatic carbocycles. The van der Waals surface area contributed by atoms with Crippen molar-refractivity contribution >= 4 is 16.8 Å². The summed E-state index contributed by atoms with van der Waals surface area (Å²) in [4.78, 5) is 15.5. The highest BCUT2D eigenvalue weighted by Crippen LogP contribution is 2.46. The van der Waals surface area contributed by atoms with Gasteiger partial charge in [0.25, 0.3) is 0 Å². The first kappa shape index (κ1) is 16.0. The topological polar surface area (TPSA) is 54.1 Å².